The number of nitrogens with zero attached hydrogens (tertiary/aromatic N) is 1. The largest absolute Gasteiger partial charge is 0.382 e. The van der Waals surface area contributed by atoms with Crippen molar-refractivity contribution in [2.75, 3.05) is 13.2 Å². The summed E-state index contributed by atoms with van der Waals surface area (Å²) in [4.78, 5) is 12.3. The molecule has 0 bridgehead atoms. The van der Waals surface area contributed by atoms with Crippen LogP contribution in [0.1, 0.15) is 61.3 Å². The topological polar surface area (TPSA) is 57.2 Å². The molecule has 0 unspecified atom stereocenters. The number of halogens is 1. The van der Waals surface area contributed by atoms with Crippen LogP contribution in [0.15, 0.2) is 24.3 Å². The van der Waals surface area contributed by atoms with Crippen LogP contribution in [-0.2, 0) is 17.7 Å². The highest BCUT2D eigenvalue weighted by atomic mass is 19.1. The predicted octanol–water partition coefficient (Wildman–Crippen LogP) is 4.86. The first-order chi connectivity index (χ1) is 13.0. The quantitative estimate of drug-likeness (QED) is 0.571. The number of carbonyl (C=O) groups is 1. The van der Waals surface area contributed by atoms with Gasteiger partial charge in [0.1, 0.15) is 5.82 Å². The smallest absolute Gasteiger partial charge is 0.251 e. The summed E-state index contributed by atoms with van der Waals surface area (Å²) >= 11 is 0. The third-order valence-corrected chi connectivity index (χ3v) is 4.90. The SMILES string of the molecule is CCCCCc1c(-c2ccc(F)cc2)c(C(N)=O)c(C)n1CCCOCC. The molecule has 0 atom stereocenters. The van der Waals surface area contributed by atoms with Crippen molar-refractivity contribution in [2.45, 2.75) is 59.4 Å². The minimum atomic E-state index is -0.438. The molecule has 0 fully saturated rings. The molecule has 0 aliphatic heterocycles. The first kappa shape index (κ1) is 21.2. The fraction of sp³-hybridized carbons (Fsp3) is 0.500. The molecule has 148 valence electrons. The highest BCUT2D eigenvalue weighted by Gasteiger charge is 2.24. The van der Waals surface area contributed by atoms with Gasteiger partial charge in [0, 0.05) is 36.7 Å². The number of primary amides is 1. The minimum Gasteiger partial charge on any atom is -0.382 e. The molecule has 2 N–H and O–H groups in total. The lowest BCUT2D eigenvalue weighted by atomic mass is 9.97. The molecule has 0 radical (unpaired) electrons. The van der Waals surface area contributed by atoms with Gasteiger partial charge in [0.25, 0.3) is 5.91 Å². The molecular formula is C22H31FN2O2. The number of aromatic nitrogens is 1. The number of rotatable bonds is 11. The molecule has 1 heterocycles. The Bertz CT molecular complexity index is 751. The summed E-state index contributed by atoms with van der Waals surface area (Å²) in [5, 5.41) is 0. The van der Waals surface area contributed by atoms with E-state index in [2.05, 4.69) is 11.5 Å². The van der Waals surface area contributed by atoms with E-state index in [1.54, 1.807) is 12.1 Å². The van der Waals surface area contributed by atoms with Gasteiger partial charge in [-0.2, -0.15) is 0 Å². The zero-order chi connectivity index (χ0) is 19.8. The van der Waals surface area contributed by atoms with Gasteiger partial charge in [0.15, 0.2) is 0 Å². The maximum atomic E-state index is 13.4. The van der Waals surface area contributed by atoms with E-state index >= 15 is 0 Å². The summed E-state index contributed by atoms with van der Waals surface area (Å²) in [5.74, 6) is -0.730. The molecule has 0 saturated carbocycles. The molecule has 27 heavy (non-hydrogen) atoms. The average Bonchev–Trinajstić information content (AvgIpc) is 2.92. The Hall–Kier alpha value is -2.14. The number of ether oxygens (including phenoxy) is 1. The molecule has 5 heteroatoms. The lowest BCUT2D eigenvalue weighted by molar-refractivity contribution is 0.1000. The molecule has 4 nitrogen and oxygen atoms in total. The number of hydrogen-bond donors (Lipinski definition) is 1. The number of hydrogen-bond acceptors (Lipinski definition) is 2. The second-order valence-corrected chi connectivity index (χ2v) is 6.81. The van der Waals surface area contributed by atoms with Crippen LogP contribution >= 0.6 is 0 Å². The Kier molecular flexibility index (Phi) is 8.04. The summed E-state index contributed by atoms with van der Waals surface area (Å²) in [6, 6.07) is 6.31. The maximum absolute atomic E-state index is 13.4. The summed E-state index contributed by atoms with van der Waals surface area (Å²) in [6.45, 7) is 8.24. The Labute approximate surface area is 161 Å². The van der Waals surface area contributed by atoms with E-state index in [9.17, 15) is 9.18 Å². The lowest BCUT2D eigenvalue weighted by Gasteiger charge is -2.13. The highest BCUT2D eigenvalue weighted by molar-refractivity contribution is 6.02. The molecule has 2 aromatic rings. The first-order valence-electron chi connectivity index (χ1n) is 9.86. The number of benzene rings is 1. The summed E-state index contributed by atoms with van der Waals surface area (Å²) in [7, 11) is 0. The van der Waals surface area contributed by atoms with Gasteiger partial charge in [-0.25, -0.2) is 4.39 Å². The summed E-state index contributed by atoms with van der Waals surface area (Å²) < 4.78 is 21.1. The molecule has 1 aromatic carbocycles. The highest BCUT2D eigenvalue weighted by Crippen LogP contribution is 2.34. The van der Waals surface area contributed by atoms with E-state index in [1.165, 1.54) is 12.1 Å². The minimum absolute atomic E-state index is 0.292. The molecule has 2 rings (SSSR count). The van der Waals surface area contributed by atoms with Gasteiger partial charge in [0.2, 0.25) is 0 Å². The second-order valence-electron chi connectivity index (χ2n) is 6.81. The molecule has 0 aliphatic rings. The van der Waals surface area contributed by atoms with E-state index in [4.69, 9.17) is 10.5 Å². The zero-order valence-electron chi connectivity index (χ0n) is 16.7. The van der Waals surface area contributed by atoms with Gasteiger partial charge in [-0.15, -0.1) is 0 Å². The van der Waals surface area contributed by atoms with Crippen LogP contribution in [0.4, 0.5) is 4.39 Å². The van der Waals surface area contributed by atoms with E-state index in [0.29, 0.717) is 18.8 Å². The van der Waals surface area contributed by atoms with Crippen molar-refractivity contribution in [1.29, 1.82) is 0 Å². The molecule has 0 aliphatic carbocycles. The molecule has 0 saturated heterocycles. The third-order valence-electron chi connectivity index (χ3n) is 4.90. The average molecular weight is 375 g/mol. The van der Waals surface area contributed by atoms with E-state index in [-0.39, 0.29) is 5.82 Å². The normalized spacial score (nSPS) is 11.1. The van der Waals surface area contributed by atoms with Crippen LogP contribution < -0.4 is 5.73 Å². The number of carbonyl (C=O) groups excluding carboxylic acids is 1. The molecule has 1 aromatic heterocycles. The van der Waals surface area contributed by atoms with E-state index < -0.39 is 5.91 Å². The lowest BCUT2D eigenvalue weighted by Crippen LogP contribution is -2.14. The Morgan fingerprint density at radius 2 is 1.85 bits per heavy atom. The van der Waals surface area contributed by atoms with E-state index in [0.717, 1.165) is 61.2 Å². The predicted molar refractivity (Wildman–Crippen MR) is 107 cm³/mol. The first-order valence-corrected chi connectivity index (χ1v) is 9.86. The number of unbranched alkanes of at least 4 members (excludes halogenated alkanes) is 2. The summed E-state index contributed by atoms with van der Waals surface area (Å²) in [6.07, 6.45) is 5.02. The fourth-order valence-electron chi connectivity index (χ4n) is 3.60. The van der Waals surface area contributed by atoms with Crippen molar-refractivity contribution in [3.05, 3.63) is 47.0 Å². The summed E-state index contributed by atoms with van der Waals surface area (Å²) in [5.41, 5.74) is 9.97. The van der Waals surface area contributed by atoms with Crippen LogP contribution in [0.5, 0.6) is 0 Å². The number of amides is 1. The van der Waals surface area contributed by atoms with Crippen LogP contribution in [-0.4, -0.2) is 23.7 Å². The standard InChI is InChI=1S/C22H31FN2O2/c1-4-6-7-9-19-21(17-10-12-18(23)13-11-17)20(22(24)26)16(3)25(19)14-8-15-27-5-2/h10-13H,4-9,14-15H2,1-3H3,(H2,24,26). The van der Waals surface area contributed by atoms with Gasteiger partial charge in [-0.3, -0.25) is 4.79 Å². The second kappa shape index (κ2) is 10.3. The van der Waals surface area contributed by atoms with Crippen LogP contribution in [0.3, 0.4) is 0 Å². The Morgan fingerprint density at radius 3 is 2.44 bits per heavy atom. The van der Waals surface area contributed by atoms with E-state index in [1.807, 2.05) is 13.8 Å². The van der Waals surface area contributed by atoms with Crippen LogP contribution in [0.2, 0.25) is 0 Å². The monoisotopic (exact) mass is 374 g/mol. The van der Waals surface area contributed by atoms with Gasteiger partial charge in [-0.05, 0) is 50.8 Å². The number of nitrogens with two attached hydrogens (primary N) is 1. The van der Waals surface area contributed by atoms with Gasteiger partial charge in [-0.1, -0.05) is 31.9 Å². The van der Waals surface area contributed by atoms with Crippen molar-refractivity contribution in [1.82, 2.24) is 4.57 Å². The van der Waals surface area contributed by atoms with Gasteiger partial charge in [0.05, 0.1) is 5.56 Å². The van der Waals surface area contributed by atoms with Crippen molar-refractivity contribution in [2.24, 2.45) is 5.73 Å². The molecule has 0 spiro atoms. The third kappa shape index (κ3) is 5.19. The maximum Gasteiger partial charge on any atom is 0.251 e. The fourth-order valence-corrected chi connectivity index (χ4v) is 3.60. The Morgan fingerprint density at radius 1 is 1.15 bits per heavy atom. The van der Waals surface area contributed by atoms with Crippen LogP contribution in [0, 0.1) is 12.7 Å². The van der Waals surface area contributed by atoms with Crippen molar-refractivity contribution >= 4 is 5.91 Å². The van der Waals surface area contributed by atoms with Crippen molar-refractivity contribution in [3.8, 4) is 11.1 Å². The molecular weight excluding hydrogens is 343 g/mol. The zero-order valence-corrected chi connectivity index (χ0v) is 16.7. The van der Waals surface area contributed by atoms with Gasteiger partial charge >= 0.3 is 0 Å². The Balaban J connectivity index is 2.52. The van der Waals surface area contributed by atoms with Crippen LogP contribution in [0.25, 0.3) is 11.1 Å². The molecule has 1 amide bonds. The van der Waals surface area contributed by atoms with Gasteiger partial charge < -0.3 is 15.0 Å². The van der Waals surface area contributed by atoms with Crippen molar-refractivity contribution in [3.63, 3.8) is 0 Å². The van der Waals surface area contributed by atoms with Crippen molar-refractivity contribution < 1.29 is 13.9 Å².